The second-order valence-corrected chi connectivity index (χ2v) is 5.68. The molecule has 0 saturated heterocycles. The Morgan fingerprint density at radius 3 is 3.00 bits per heavy atom. The van der Waals surface area contributed by atoms with Gasteiger partial charge >= 0.3 is 0 Å². The van der Waals surface area contributed by atoms with Crippen molar-refractivity contribution in [2.45, 2.75) is 31.8 Å². The average Bonchev–Trinajstić information content (AvgIpc) is 2.98. The van der Waals surface area contributed by atoms with Crippen molar-refractivity contribution < 1.29 is 9.84 Å². The van der Waals surface area contributed by atoms with Crippen LogP contribution in [0.2, 0.25) is 0 Å². The Hall–Kier alpha value is -0.540. The minimum atomic E-state index is -0.192. The average molecular weight is 283 g/mol. The number of hydrogen-bond acceptors (Lipinski definition) is 2. The van der Waals surface area contributed by atoms with Crippen molar-refractivity contribution in [1.29, 1.82) is 0 Å². The van der Waals surface area contributed by atoms with E-state index < -0.39 is 0 Å². The van der Waals surface area contributed by atoms with Crippen molar-refractivity contribution in [3.63, 3.8) is 0 Å². The van der Waals surface area contributed by atoms with E-state index in [-0.39, 0.29) is 6.10 Å². The van der Waals surface area contributed by atoms with Gasteiger partial charge in [0.05, 0.1) is 12.7 Å². The highest BCUT2D eigenvalue weighted by Crippen LogP contribution is 2.38. The van der Waals surface area contributed by atoms with Crippen molar-refractivity contribution in [3.05, 3.63) is 27.7 Å². The van der Waals surface area contributed by atoms with Gasteiger partial charge < -0.3 is 9.84 Å². The molecule has 1 unspecified atom stereocenters. The first-order valence-electron chi connectivity index (χ1n) is 5.86. The van der Waals surface area contributed by atoms with E-state index in [0.717, 1.165) is 35.2 Å². The smallest absolute Gasteiger partial charge is 0.125 e. The van der Waals surface area contributed by atoms with E-state index in [1.54, 1.807) is 0 Å². The first-order valence-corrected chi connectivity index (χ1v) is 6.65. The highest BCUT2D eigenvalue weighted by Gasteiger charge is 2.31. The number of benzene rings is 1. The summed E-state index contributed by atoms with van der Waals surface area (Å²) in [4.78, 5) is 0. The van der Waals surface area contributed by atoms with Gasteiger partial charge in [-0.3, -0.25) is 0 Å². The molecule has 1 aromatic carbocycles. The molecular formula is C13H15BrO2. The molecule has 2 aliphatic rings. The predicted octanol–water partition coefficient (Wildman–Crippen LogP) is 2.70. The van der Waals surface area contributed by atoms with Gasteiger partial charge in [0.2, 0.25) is 0 Å². The Labute approximate surface area is 104 Å². The van der Waals surface area contributed by atoms with Gasteiger partial charge in [0.15, 0.2) is 0 Å². The Morgan fingerprint density at radius 2 is 2.25 bits per heavy atom. The summed E-state index contributed by atoms with van der Waals surface area (Å²) in [5.41, 5.74) is 2.42. The molecule has 3 heteroatoms. The Morgan fingerprint density at radius 1 is 1.44 bits per heavy atom. The summed E-state index contributed by atoms with van der Waals surface area (Å²) in [6, 6.07) is 4.20. The van der Waals surface area contributed by atoms with Crippen LogP contribution in [0.25, 0.3) is 0 Å². The molecule has 1 N–H and O–H groups in total. The van der Waals surface area contributed by atoms with E-state index in [1.807, 2.05) is 0 Å². The number of ether oxygens (including phenoxy) is 1. The fourth-order valence-corrected chi connectivity index (χ4v) is 2.92. The summed E-state index contributed by atoms with van der Waals surface area (Å²) >= 11 is 3.52. The van der Waals surface area contributed by atoms with Gasteiger partial charge in [-0.1, -0.05) is 15.9 Å². The third-order valence-corrected chi connectivity index (χ3v) is 3.88. The van der Waals surface area contributed by atoms with E-state index >= 15 is 0 Å². The molecule has 1 saturated carbocycles. The van der Waals surface area contributed by atoms with Gasteiger partial charge in [0.1, 0.15) is 5.75 Å². The van der Waals surface area contributed by atoms with Crippen LogP contribution in [0.15, 0.2) is 16.6 Å². The molecule has 16 heavy (non-hydrogen) atoms. The lowest BCUT2D eigenvalue weighted by molar-refractivity contribution is 0.150. The van der Waals surface area contributed by atoms with Gasteiger partial charge in [0, 0.05) is 17.3 Å². The molecule has 1 atom stereocenters. The largest absolute Gasteiger partial charge is 0.493 e. The molecule has 0 aromatic heterocycles. The van der Waals surface area contributed by atoms with Crippen LogP contribution in [0, 0.1) is 5.92 Å². The van der Waals surface area contributed by atoms with Crippen LogP contribution in [0.1, 0.15) is 24.0 Å². The molecule has 1 aliphatic carbocycles. The number of hydrogen-bond donors (Lipinski definition) is 1. The van der Waals surface area contributed by atoms with Crippen LogP contribution in [-0.4, -0.2) is 17.8 Å². The van der Waals surface area contributed by atoms with Gasteiger partial charge in [-0.25, -0.2) is 0 Å². The first-order chi connectivity index (χ1) is 7.74. The lowest BCUT2D eigenvalue weighted by atomic mass is 10.0. The summed E-state index contributed by atoms with van der Waals surface area (Å²) < 4.78 is 6.75. The molecule has 0 spiro atoms. The molecule has 1 heterocycles. The molecule has 1 fully saturated rings. The van der Waals surface area contributed by atoms with E-state index in [4.69, 9.17) is 4.74 Å². The molecule has 86 valence electrons. The maximum absolute atomic E-state index is 9.99. The third kappa shape index (κ3) is 1.98. The van der Waals surface area contributed by atoms with Crippen LogP contribution in [-0.2, 0) is 12.8 Å². The van der Waals surface area contributed by atoms with Crippen LogP contribution in [0.4, 0.5) is 0 Å². The molecule has 0 amide bonds. The fraction of sp³-hybridized carbons (Fsp3) is 0.538. The van der Waals surface area contributed by atoms with E-state index in [1.165, 1.54) is 18.4 Å². The molecular weight excluding hydrogens is 268 g/mol. The first kappa shape index (κ1) is 10.6. The zero-order valence-electron chi connectivity index (χ0n) is 9.08. The summed E-state index contributed by atoms with van der Waals surface area (Å²) in [7, 11) is 0. The minimum absolute atomic E-state index is 0.192. The Kier molecular flexibility index (Phi) is 2.68. The second kappa shape index (κ2) is 4.04. The van der Waals surface area contributed by atoms with Crippen LogP contribution >= 0.6 is 15.9 Å². The fourth-order valence-electron chi connectivity index (χ4n) is 2.37. The number of halogens is 1. The topological polar surface area (TPSA) is 29.5 Å². The lowest BCUT2D eigenvalue weighted by Gasteiger charge is -2.13. The van der Waals surface area contributed by atoms with Crippen molar-refractivity contribution in [3.8, 4) is 5.75 Å². The molecule has 2 nitrogen and oxygen atoms in total. The standard InChI is InChI=1S/C13H15BrO2/c14-11-5-9-3-4-16-13(9)10(6-11)7-12(15)8-1-2-8/h5-6,8,12,15H,1-4,7H2. The van der Waals surface area contributed by atoms with Gasteiger partial charge in [-0.05, 0) is 42.0 Å². The van der Waals surface area contributed by atoms with E-state index in [9.17, 15) is 5.11 Å². The normalized spacial score (nSPS) is 20.4. The Balaban J connectivity index is 1.87. The molecule has 1 aliphatic heterocycles. The molecule has 0 radical (unpaired) electrons. The third-order valence-electron chi connectivity index (χ3n) is 3.42. The van der Waals surface area contributed by atoms with E-state index in [2.05, 4.69) is 28.1 Å². The SMILES string of the molecule is OC(Cc1cc(Br)cc2c1OCC2)C1CC1. The molecule has 1 aromatic rings. The number of aliphatic hydroxyl groups is 1. The zero-order valence-corrected chi connectivity index (χ0v) is 10.7. The highest BCUT2D eigenvalue weighted by molar-refractivity contribution is 9.10. The van der Waals surface area contributed by atoms with Crippen LogP contribution in [0.5, 0.6) is 5.75 Å². The highest BCUT2D eigenvalue weighted by atomic mass is 79.9. The maximum atomic E-state index is 9.99. The van der Waals surface area contributed by atoms with Crippen LogP contribution < -0.4 is 4.74 Å². The summed E-state index contributed by atoms with van der Waals surface area (Å²) in [6.45, 7) is 0.776. The molecule has 0 bridgehead atoms. The second-order valence-electron chi connectivity index (χ2n) is 4.76. The molecule has 3 rings (SSSR count). The van der Waals surface area contributed by atoms with Crippen molar-refractivity contribution in [2.75, 3.05) is 6.61 Å². The quantitative estimate of drug-likeness (QED) is 0.924. The monoisotopic (exact) mass is 282 g/mol. The zero-order chi connectivity index (χ0) is 11.1. The lowest BCUT2D eigenvalue weighted by Crippen LogP contribution is -2.13. The van der Waals surface area contributed by atoms with Gasteiger partial charge in [-0.2, -0.15) is 0 Å². The van der Waals surface area contributed by atoms with Crippen LogP contribution in [0.3, 0.4) is 0 Å². The maximum Gasteiger partial charge on any atom is 0.125 e. The van der Waals surface area contributed by atoms with Gasteiger partial charge in [0.25, 0.3) is 0 Å². The van der Waals surface area contributed by atoms with E-state index in [0.29, 0.717) is 5.92 Å². The van der Waals surface area contributed by atoms with Crippen molar-refractivity contribution in [1.82, 2.24) is 0 Å². The van der Waals surface area contributed by atoms with Gasteiger partial charge in [-0.15, -0.1) is 0 Å². The minimum Gasteiger partial charge on any atom is -0.493 e. The van der Waals surface area contributed by atoms with Crippen molar-refractivity contribution >= 4 is 15.9 Å². The number of aliphatic hydroxyl groups excluding tert-OH is 1. The van der Waals surface area contributed by atoms with Crippen molar-refractivity contribution in [2.24, 2.45) is 5.92 Å². The number of rotatable bonds is 3. The Bertz CT molecular complexity index is 413. The summed E-state index contributed by atoms with van der Waals surface area (Å²) in [6.07, 6.45) is 3.88. The number of fused-ring (bicyclic) bond motifs is 1. The summed E-state index contributed by atoms with van der Waals surface area (Å²) in [5.74, 6) is 1.54. The summed E-state index contributed by atoms with van der Waals surface area (Å²) in [5, 5.41) is 9.99. The predicted molar refractivity (Wildman–Crippen MR) is 65.8 cm³/mol.